The van der Waals surface area contributed by atoms with Crippen molar-refractivity contribution in [1.29, 1.82) is 0 Å². The van der Waals surface area contributed by atoms with Gasteiger partial charge in [0, 0.05) is 19.6 Å². The number of nitrogens with zero attached hydrogens (tertiary/aromatic N) is 3. The molecule has 0 unspecified atom stereocenters. The molecule has 2 heterocycles. The predicted molar refractivity (Wildman–Crippen MR) is 102 cm³/mol. The third-order valence-electron chi connectivity index (χ3n) is 4.61. The molecule has 0 aliphatic carbocycles. The highest BCUT2D eigenvalue weighted by atomic mass is 16.2. The van der Waals surface area contributed by atoms with Gasteiger partial charge in [0.2, 0.25) is 0 Å². The summed E-state index contributed by atoms with van der Waals surface area (Å²) >= 11 is 0. The minimum Gasteiger partial charge on any atom is -0.351 e. The summed E-state index contributed by atoms with van der Waals surface area (Å²) in [4.78, 5) is 31.6. The smallest absolute Gasteiger partial charge is 0.287 e. The second-order valence-corrected chi connectivity index (χ2v) is 7.69. The number of imidazole rings is 1. The van der Waals surface area contributed by atoms with Crippen LogP contribution >= 0.6 is 0 Å². The first-order valence-electron chi connectivity index (χ1n) is 9.70. The fourth-order valence-electron chi connectivity index (χ4n) is 3.13. The molecule has 7 heteroatoms. The summed E-state index contributed by atoms with van der Waals surface area (Å²) in [5, 5.41) is 5.88. The van der Waals surface area contributed by atoms with Gasteiger partial charge in [-0.1, -0.05) is 13.8 Å². The Hall–Kier alpha value is -1.89. The van der Waals surface area contributed by atoms with Crippen LogP contribution in [0, 0.1) is 5.92 Å². The number of nitrogens with one attached hydrogen (secondary N) is 2. The fraction of sp³-hybridized carbons (Fsp3) is 0.737. The van der Waals surface area contributed by atoms with E-state index in [4.69, 9.17) is 0 Å². The molecule has 2 rings (SSSR count). The summed E-state index contributed by atoms with van der Waals surface area (Å²) in [6.45, 7) is 7.17. The van der Waals surface area contributed by atoms with Gasteiger partial charge in [-0.25, -0.2) is 4.98 Å². The first-order valence-corrected chi connectivity index (χ1v) is 9.70. The first kappa shape index (κ1) is 20.4. The van der Waals surface area contributed by atoms with E-state index in [2.05, 4.69) is 34.4 Å². The quantitative estimate of drug-likeness (QED) is 0.654. The summed E-state index contributed by atoms with van der Waals surface area (Å²) in [6, 6.07) is 0. The standard InChI is InChI=1S/C19H33N5O2/c1-14(2)9-11-21-18(25)16-15-8-5-6-13-24(15)17(22-16)19(26)20-10-7-12-23(3)4/h14H,5-13H2,1-4H3,(H,20,26)(H,21,25). The zero-order valence-corrected chi connectivity index (χ0v) is 16.6. The number of carbonyl (C=O) groups excluding carboxylic acids is 2. The van der Waals surface area contributed by atoms with Crippen molar-refractivity contribution in [3.8, 4) is 0 Å². The zero-order valence-electron chi connectivity index (χ0n) is 16.6. The number of hydrogen-bond acceptors (Lipinski definition) is 4. The molecule has 0 radical (unpaired) electrons. The second kappa shape index (κ2) is 9.71. The van der Waals surface area contributed by atoms with E-state index >= 15 is 0 Å². The van der Waals surface area contributed by atoms with Gasteiger partial charge in [-0.3, -0.25) is 9.59 Å². The number of rotatable bonds is 9. The van der Waals surface area contributed by atoms with Crippen LogP contribution in [0.3, 0.4) is 0 Å². The molecule has 0 saturated carbocycles. The predicted octanol–water partition coefficient (Wildman–Crippen LogP) is 1.68. The van der Waals surface area contributed by atoms with Crippen LogP contribution in [0.1, 0.15) is 66.3 Å². The lowest BCUT2D eigenvalue weighted by Crippen LogP contribution is -2.30. The Morgan fingerprint density at radius 1 is 1.15 bits per heavy atom. The fourth-order valence-corrected chi connectivity index (χ4v) is 3.13. The lowest BCUT2D eigenvalue weighted by atomic mass is 10.1. The SMILES string of the molecule is CC(C)CCNC(=O)c1nc(C(=O)NCCCN(C)C)n2c1CCCC2. The third-order valence-corrected chi connectivity index (χ3v) is 4.61. The van der Waals surface area contributed by atoms with E-state index in [9.17, 15) is 9.59 Å². The molecule has 0 spiro atoms. The van der Waals surface area contributed by atoms with E-state index in [1.165, 1.54) is 0 Å². The molecule has 0 atom stereocenters. The number of aromatic nitrogens is 2. The monoisotopic (exact) mass is 363 g/mol. The number of fused-ring (bicyclic) bond motifs is 1. The lowest BCUT2D eigenvalue weighted by Gasteiger charge is -2.17. The Balaban J connectivity index is 2.06. The van der Waals surface area contributed by atoms with Gasteiger partial charge in [-0.15, -0.1) is 0 Å². The summed E-state index contributed by atoms with van der Waals surface area (Å²) in [7, 11) is 4.02. The minimum absolute atomic E-state index is 0.164. The first-order chi connectivity index (χ1) is 12.4. The van der Waals surface area contributed by atoms with Crippen molar-refractivity contribution >= 4 is 11.8 Å². The zero-order chi connectivity index (χ0) is 19.1. The van der Waals surface area contributed by atoms with Gasteiger partial charge in [-0.05, 0) is 58.7 Å². The summed E-state index contributed by atoms with van der Waals surface area (Å²) in [5.41, 5.74) is 1.32. The molecule has 1 aromatic rings. The van der Waals surface area contributed by atoms with Gasteiger partial charge in [0.1, 0.15) is 5.69 Å². The second-order valence-electron chi connectivity index (χ2n) is 7.69. The molecule has 1 aliphatic rings. The van der Waals surface area contributed by atoms with Crippen LogP contribution in [0.25, 0.3) is 0 Å². The van der Waals surface area contributed by atoms with Gasteiger partial charge < -0.3 is 20.1 Å². The maximum absolute atomic E-state index is 12.6. The van der Waals surface area contributed by atoms with Crippen molar-refractivity contribution in [3.05, 3.63) is 17.2 Å². The van der Waals surface area contributed by atoms with Gasteiger partial charge in [0.25, 0.3) is 11.8 Å². The molecule has 26 heavy (non-hydrogen) atoms. The van der Waals surface area contributed by atoms with Gasteiger partial charge in [-0.2, -0.15) is 0 Å². The molecule has 0 aromatic carbocycles. The molecule has 0 saturated heterocycles. The third kappa shape index (κ3) is 5.56. The van der Waals surface area contributed by atoms with E-state index in [-0.39, 0.29) is 11.8 Å². The Morgan fingerprint density at radius 2 is 1.88 bits per heavy atom. The van der Waals surface area contributed by atoms with Crippen molar-refractivity contribution in [3.63, 3.8) is 0 Å². The maximum Gasteiger partial charge on any atom is 0.287 e. The van der Waals surface area contributed by atoms with Crippen molar-refractivity contribution in [1.82, 2.24) is 25.1 Å². The molecule has 0 fully saturated rings. The van der Waals surface area contributed by atoms with E-state index in [0.717, 1.165) is 50.9 Å². The summed E-state index contributed by atoms with van der Waals surface area (Å²) in [6.07, 6.45) is 4.66. The van der Waals surface area contributed by atoms with Crippen molar-refractivity contribution in [2.75, 3.05) is 33.7 Å². The van der Waals surface area contributed by atoms with Gasteiger partial charge in [0.05, 0.1) is 5.69 Å². The Bertz CT molecular complexity index is 622. The Morgan fingerprint density at radius 3 is 2.58 bits per heavy atom. The molecular formula is C19H33N5O2. The molecule has 1 aromatic heterocycles. The van der Waals surface area contributed by atoms with Crippen LogP contribution in [-0.4, -0.2) is 60.0 Å². The van der Waals surface area contributed by atoms with E-state index in [1.54, 1.807) is 0 Å². The number of carbonyl (C=O) groups is 2. The van der Waals surface area contributed by atoms with Gasteiger partial charge >= 0.3 is 0 Å². The van der Waals surface area contributed by atoms with Gasteiger partial charge in [0.15, 0.2) is 5.82 Å². The molecule has 7 nitrogen and oxygen atoms in total. The summed E-state index contributed by atoms with van der Waals surface area (Å²) < 4.78 is 1.93. The largest absolute Gasteiger partial charge is 0.351 e. The molecule has 0 bridgehead atoms. The van der Waals surface area contributed by atoms with E-state index in [0.29, 0.717) is 30.5 Å². The van der Waals surface area contributed by atoms with Crippen LogP contribution < -0.4 is 10.6 Å². The van der Waals surface area contributed by atoms with E-state index < -0.39 is 0 Å². The van der Waals surface area contributed by atoms with Crippen LogP contribution in [0.2, 0.25) is 0 Å². The normalized spacial score (nSPS) is 13.8. The lowest BCUT2D eigenvalue weighted by molar-refractivity contribution is 0.0936. The van der Waals surface area contributed by atoms with Crippen LogP contribution in [0.4, 0.5) is 0 Å². The molecule has 1 aliphatic heterocycles. The highest BCUT2D eigenvalue weighted by Gasteiger charge is 2.27. The van der Waals surface area contributed by atoms with Crippen LogP contribution in [0.15, 0.2) is 0 Å². The van der Waals surface area contributed by atoms with Crippen molar-refractivity contribution in [2.45, 2.75) is 52.5 Å². The number of hydrogen-bond donors (Lipinski definition) is 2. The number of amides is 2. The van der Waals surface area contributed by atoms with Crippen LogP contribution in [0.5, 0.6) is 0 Å². The topological polar surface area (TPSA) is 79.3 Å². The highest BCUT2D eigenvalue weighted by molar-refractivity contribution is 5.97. The van der Waals surface area contributed by atoms with Crippen molar-refractivity contribution < 1.29 is 9.59 Å². The average molecular weight is 364 g/mol. The van der Waals surface area contributed by atoms with Crippen LogP contribution in [-0.2, 0) is 13.0 Å². The minimum atomic E-state index is -0.187. The summed E-state index contributed by atoms with van der Waals surface area (Å²) in [5.74, 6) is 0.560. The highest BCUT2D eigenvalue weighted by Crippen LogP contribution is 2.21. The average Bonchev–Trinajstić information content (AvgIpc) is 2.98. The molecule has 146 valence electrons. The molecule has 2 N–H and O–H groups in total. The Labute approximate surface area is 156 Å². The maximum atomic E-state index is 12.6. The van der Waals surface area contributed by atoms with Crippen molar-refractivity contribution in [2.24, 2.45) is 5.92 Å². The Kier molecular flexibility index (Phi) is 7.63. The molecular weight excluding hydrogens is 330 g/mol. The molecule has 2 amide bonds. The van der Waals surface area contributed by atoms with E-state index in [1.807, 2.05) is 18.7 Å².